The summed E-state index contributed by atoms with van der Waals surface area (Å²) in [5.41, 5.74) is 6.71. The Kier molecular flexibility index (Phi) is 5.97. The van der Waals surface area contributed by atoms with E-state index in [1.807, 2.05) is 12.1 Å². The van der Waals surface area contributed by atoms with Crippen LogP contribution < -0.4 is 5.73 Å². The van der Waals surface area contributed by atoms with E-state index in [2.05, 4.69) is 6.92 Å². The zero-order chi connectivity index (χ0) is 14.5. The molecule has 1 aromatic rings. The third-order valence-corrected chi connectivity index (χ3v) is 4.61. The van der Waals surface area contributed by atoms with Crippen LogP contribution in [0.3, 0.4) is 0 Å². The third kappa shape index (κ3) is 4.60. The normalized spacial score (nSPS) is 15.2. The Morgan fingerprint density at radius 1 is 1.26 bits per heavy atom. The van der Waals surface area contributed by atoms with Gasteiger partial charge in [0.1, 0.15) is 0 Å². The van der Waals surface area contributed by atoms with Crippen LogP contribution in [0, 0.1) is 5.92 Å². The summed E-state index contributed by atoms with van der Waals surface area (Å²) in [4.78, 5) is 0.337. The van der Waals surface area contributed by atoms with Gasteiger partial charge < -0.3 is 10.8 Å². The molecule has 0 saturated carbocycles. The Balaban J connectivity index is 2.88. The van der Waals surface area contributed by atoms with Crippen LogP contribution in [0.2, 0.25) is 0 Å². The summed E-state index contributed by atoms with van der Waals surface area (Å²) in [6.07, 6.45) is 2.96. The molecule has 108 valence electrons. The van der Waals surface area contributed by atoms with Gasteiger partial charge in [0.2, 0.25) is 0 Å². The van der Waals surface area contributed by atoms with Gasteiger partial charge in [0.15, 0.2) is 9.84 Å². The number of aliphatic hydroxyl groups excluding tert-OH is 1. The van der Waals surface area contributed by atoms with Crippen molar-refractivity contribution in [2.75, 3.05) is 19.4 Å². The summed E-state index contributed by atoms with van der Waals surface area (Å²) >= 11 is 0. The van der Waals surface area contributed by atoms with Gasteiger partial charge in [-0.05, 0) is 48.9 Å². The minimum atomic E-state index is -3.14. The fourth-order valence-corrected chi connectivity index (χ4v) is 2.80. The summed E-state index contributed by atoms with van der Waals surface area (Å²) in [5.74, 6) is 0.397. The Morgan fingerprint density at radius 3 is 2.21 bits per heavy atom. The van der Waals surface area contributed by atoms with E-state index in [0.29, 0.717) is 17.4 Å². The number of rotatable bonds is 7. The van der Waals surface area contributed by atoms with Gasteiger partial charge in [-0.25, -0.2) is 8.42 Å². The standard InChI is InChI=1S/C14H23NO3S/c1-3-12(8-11(9-15)10-16)13-4-6-14(7-5-13)19(2,17)18/h4-7,11-12,16H,3,8-10,15H2,1-2H3. The van der Waals surface area contributed by atoms with E-state index in [1.54, 1.807) is 12.1 Å². The average Bonchev–Trinajstić information content (AvgIpc) is 2.39. The highest BCUT2D eigenvalue weighted by Crippen LogP contribution is 2.27. The summed E-state index contributed by atoms with van der Waals surface area (Å²) < 4.78 is 22.8. The molecule has 2 atom stereocenters. The summed E-state index contributed by atoms with van der Waals surface area (Å²) in [5, 5.41) is 9.21. The second-order valence-corrected chi connectivity index (χ2v) is 6.98. The molecule has 1 rings (SSSR count). The second-order valence-electron chi connectivity index (χ2n) is 4.97. The molecule has 5 heteroatoms. The van der Waals surface area contributed by atoms with Crippen LogP contribution >= 0.6 is 0 Å². The molecule has 0 aliphatic carbocycles. The maximum Gasteiger partial charge on any atom is 0.175 e. The van der Waals surface area contributed by atoms with Crippen molar-refractivity contribution in [1.82, 2.24) is 0 Å². The number of sulfone groups is 1. The SMILES string of the molecule is CCC(CC(CN)CO)c1ccc(S(C)(=O)=O)cc1. The van der Waals surface area contributed by atoms with E-state index in [1.165, 1.54) is 6.26 Å². The predicted molar refractivity (Wildman–Crippen MR) is 76.8 cm³/mol. The molecule has 0 saturated heterocycles. The molecular formula is C14H23NO3S. The van der Waals surface area contributed by atoms with Crippen molar-refractivity contribution >= 4 is 9.84 Å². The Morgan fingerprint density at radius 2 is 1.84 bits per heavy atom. The van der Waals surface area contributed by atoms with Gasteiger partial charge in [-0.1, -0.05) is 19.1 Å². The van der Waals surface area contributed by atoms with E-state index >= 15 is 0 Å². The molecule has 0 heterocycles. The van der Waals surface area contributed by atoms with Gasteiger partial charge in [-0.2, -0.15) is 0 Å². The lowest BCUT2D eigenvalue weighted by Gasteiger charge is -2.20. The molecule has 0 spiro atoms. The minimum absolute atomic E-state index is 0.0917. The van der Waals surface area contributed by atoms with Crippen LogP contribution in [0.5, 0.6) is 0 Å². The van der Waals surface area contributed by atoms with Crippen LogP contribution in [0.25, 0.3) is 0 Å². The first-order chi connectivity index (χ1) is 8.92. The van der Waals surface area contributed by atoms with Gasteiger partial charge in [0, 0.05) is 12.9 Å². The maximum absolute atomic E-state index is 11.4. The van der Waals surface area contributed by atoms with Gasteiger partial charge in [-0.15, -0.1) is 0 Å². The smallest absolute Gasteiger partial charge is 0.175 e. The Hall–Kier alpha value is -0.910. The van der Waals surface area contributed by atoms with Crippen molar-refractivity contribution in [2.24, 2.45) is 11.7 Å². The first-order valence-electron chi connectivity index (χ1n) is 6.53. The molecule has 0 fully saturated rings. The summed E-state index contributed by atoms with van der Waals surface area (Å²) in [6.45, 7) is 2.64. The molecule has 0 radical (unpaired) electrons. The highest BCUT2D eigenvalue weighted by Gasteiger charge is 2.16. The van der Waals surface area contributed by atoms with Crippen LogP contribution in [-0.4, -0.2) is 32.9 Å². The molecule has 0 aliphatic heterocycles. The van der Waals surface area contributed by atoms with Crippen LogP contribution in [0.15, 0.2) is 29.2 Å². The zero-order valence-electron chi connectivity index (χ0n) is 11.5. The van der Waals surface area contributed by atoms with E-state index in [9.17, 15) is 13.5 Å². The van der Waals surface area contributed by atoms with Gasteiger partial charge in [-0.3, -0.25) is 0 Å². The molecule has 2 unspecified atom stereocenters. The molecule has 0 bridgehead atoms. The molecule has 0 aliphatic rings. The van der Waals surface area contributed by atoms with Gasteiger partial charge in [0.25, 0.3) is 0 Å². The largest absolute Gasteiger partial charge is 0.396 e. The highest BCUT2D eigenvalue weighted by atomic mass is 32.2. The highest BCUT2D eigenvalue weighted by molar-refractivity contribution is 7.90. The maximum atomic E-state index is 11.4. The van der Waals surface area contributed by atoms with Crippen LogP contribution in [0.1, 0.15) is 31.2 Å². The van der Waals surface area contributed by atoms with Crippen molar-refractivity contribution < 1.29 is 13.5 Å². The average molecular weight is 285 g/mol. The van der Waals surface area contributed by atoms with Crippen molar-refractivity contribution in [2.45, 2.75) is 30.6 Å². The monoisotopic (exact) mass is 285 g/mol. The molecule has 19 heavy (non-hydrogen) atoms. The number of benzene rings is 1. The molecule has 4 nitrogen and oxygen atoms in total. The second kappa shape index (κ2) is 7.03. The Bertz CT molecular complexity index is 478. The molecule has 0 aromatic heterocycles. The summed E-state index contributed by atoms with van der Waals surface area (Å²) in [6, 6.07) is 7.00. The van der Waals surface area contributed by atoms with E-state index in [0.717, 1.165) is 18.4 Å². The molecular weight excluding hydrogens is 262 g/mol. The first kappa shape index (κ1) is 16.1. The van der Waals surface area contributed by atoms with Crippen molar-refractivity contribution in [3.8, 4) is 0 Å². The predicted octanol–water partition coefficient (Wildman–Crippen LogP) is 1.54. The molecule has 1 aromatic carbocycles. The fraction of sp³-hybridized carbons (Fsp3) is 0.571. The van der Waals surface area contributed by atoms with Crippen LogP contribution in [-0.2, 0) is 9.84 Å². The third-order valence-electron chi connectivity index (χ3n) is 3.48. The van der Waals surface area contributed by atoms with E-state index < -0.39 is 9.84 Å². The van der Waals surface area contributed by atoms with E-state index in [-0.39, 0.29) is 12.5 Å². The number of hydrogen-bond acceptors (Lipinski definition) is 4. The van der Waals surface area contributed by atoms with Gasteiger partial charge in [0.05, 0.1) is 4.90 Å². The quantitative estimate of drug-likeness (QED) is 0.796. The van der Waals surface area contributed by atoms with E-state index in [4.69, 9.17) is 5.73 Å². The molecule has 3 N–H and O–H groups in total. The number of aliphatic hydroxyl groups is 1. The first-order valence-corrected chi connectivity index (χ1v) is 8.42. The number of hydrogen-bond donors (Lipinski definition) is 2. The lowest BCUT2D eigenvalue weighted by atomic mass is 9.87. The van der Waals surface area contributed by atoms with Crippen molar-refractivity contribution in [3.63, 3.8) is 0 Å². The van der Waals surface area contributed by atoms with Crippen LogP contribution in [0.4, 0.5) is 0 Å². The topological polar surface area (TPSA) is 80.4 Å². The number of nitrogens with two attached hydrogens (primary N) is 1. The minimum Gasteiger partial charge on any atom is -0.396 e. The Labute approximate surface area is 115 Å². The fourth-order valence-electron chi connectivity index (χ4n) is 2.17. The zero-order valence-corrected chi connectivity index (χ0v) is 12.4. The van der Waals surface area contributed by atoms with Crippen molar-refractivity contribution in [1.29, 1.82) is 0 Å². The molecule has 0 amide bonds. The lowest BCUT2D eigenvalue weighted by Crippen LogP contribution is -2.20. The van der Waals surface area contributed by atoms with Gasteiger partial charge >= 0.3 is 0 Å². The van der Waals surface area contributed by atoms with Crippen molar-refractivity contribution in [3.05, 3.63) is 29.8 Å². The summed E-state index contributed by atoms with van der Waals surface area (Å²) in [7, 11) is -3.14. The lowest BCUT2D eigenvalue weighted by molar-refractivity contribution is 0.214.